The van der Waals surface area contributed by atoms with E-state index in [0.717, 1.165) is 22.6 Å². The summed E-state index contributed by atoms with van der Waals surface area (Å²) >= 11 is 7.96. The molecular formula is C15H16Cl3N3OS. The van der Waals surface area contributed by atoms with Crippen molar-refractivity contribution in [1.29, 1.82) is 0 Å². The van der Waals surface area contributed by atoms with Crippen LogP contribution < -0.4 is 11.1 Å². The molecule has 0 saturated carbocycles. The maximum Gasteiger partial charge on any atom is 0.257 e. The van der Waals surface area contributed by atoms with Crippen LogP contribution in [0.25, 0.3) is 0 Å². The molecule has 3 N–H and O–H groups in total. The second-order valence-corrected chi connectivity index (χ2v) is 6.35. The van der Waals surface area contributed by atoms with Crippen molar-refractivity contribution in [1.82, 2.24) is 4.98 Å². The fourth-order valence-electron chi connectivity index (χ4n) is 2.24. The molecule has 0 saturated heterocycles. The van der Waals surface area contributed by atoms with Gasteiger partial charge in [0.2, 0.25) is 0 Å². The van der Waals surface area contributed by atoms with Crippen LogP contribution in [0.5, 0.6) is 0 Å². The molecule has 1 unspecified atom stereocenters. The molecule has 2 heterocycles. The predicted molar refractivity (Wildman–Crippen MR) is 100 cm³/mol. The van der Waals surface area contributed by atoms with E-state index in [9.17, 15) is 4.79 Å². The molecule has 4 nitrogen and oxygen atoms in total. The van der Waals surface area contributed by atoms with Crippen molar-refractivity contribution in [2.24, 2.45) is 5.73 Å². The highest BCUT2D eigenvalue weighted by Gasteiger charge is 2.21. The van der Waals surface area contributed by atoms with Crippen molar-refractivity contribution in [3.63, 3.8) is 0 Å². The van der Waals surface area contributed by atoms with Gasteiger partial charge in [0.15, 0.2) is 0 Å². The zero-order chi connectivity index (χ0) is 14.8. The number of benzene rings is 1. The van der Waals surface area contributed by atoms with Gasteiger partial charge in [0.05, 0.1) is 10.6 Å². The molecule has 0 radical (unpaired) electrons. The maximum absolute atomic E-state index is 12.3. The maximum atomic E-state index is 12.3. The van der Waals surface area contributed by atoms with E-state index in [1.54, 1.807) is 36.3 Å². The number of halogens is 3. The van der Waals surface area contributed by atoms with Crippen LogP contribution in [0, 0.1) is 0 Å². The van der Waals surface area contributed by atoms with Crippen LogP contribution in [0.4, 0.5) is 5.69 Å². The lowest BCUT2D eigenvalue weighted by Gasteiger charge is -2.22. The summed E-state index contributed by atoms with van der Waals surface area (Å²) in [6, 6.07) is 7.10. The number of hydrogen-bond acceptors (Lipinski definition) is 4. The van der Waals surface area contributed by atoms with Gasteiger partial charge in [0.25, 0.3) is 5.91 Å². The Morgan fingerprint density at radius 3 is 2.70 bits per heavy atom. The van der Waals surface area contributed by atoms with E-state index in [-0.39, 0.29) is 36.8 Å². The summed E-state index contributed by atoms with van der Waals surface area (Å²) in [4.78, 5) is 17.3. The zero-order valence-electron chi connectivity index (χ0n) is 12.0. The highest BCUT2D eigenvalue weighted by molar-refractivity contribution is 7.99. The SMILES string of the molecule is Cl.Cl.NC1CCSc2cc(C(=O)Nc3ccncc3)c(Cl)cc21. The molecule has 23 heavy (non-hydrogen) atoms. The Labute approximate surface area is 156 Å². The first-order valence-electron chi connectivity index (χ1n) is 6.58. The molecule has 1 aliphatic rings. The largest absolute Gasteiger partial charge is 0.324 e. The third kappa shape index (κ3) is 4.52. The van der Waals surface area contributed by atoms with Crippen LogP contribution in [0.2, 0.25) is 5.02 Å². The van der Waals surface area contributed by atoms with Gasteiger partial charge in [-0.3, -0.25) is 9.78 Å². The number of thioether (sulfide) groups is 1. The number of carbonyl (C=O) groups excluding carboxylic acids is 1. The number of amides is 1. The van der Waals surface area contributed by atoms with Gasteiger partial charge in [0, 0.05) is 29.0 Å². The van der Waals surface area contributed by atoms with Gasteiger partial charge in [-0.05, 0) is 42.0 Å². The van der Waals surface area contributed by atoms with Crippen LogP contribution in [-0.2, 0) is 0 Å². The first kappa shape index (κ1) is 20.1. The zero-order valence-corrected chi connectivity index (χ0v) is 15.2. The van der Waals surface area contributed by atoms with Crippen LogP contribution in [-0.4, -0.2) is 16.6 Å². The van der Waals surface area contributed by atoms with Crippen LogP contribution >= 0.6 is 48.2 Å². The number of hydrogen-bond donors (Lipinski definition) is 2. The topological polar surface area (TPSA) is 68.0 Å². The molecule has 0 aliphatic carbocycles. The van der Waals surface area contributed by atoms with E-state index >= 15 is 0 Å². The fourth-order valence-corrected chi connectivity index (χ4v) is 3.67. The van der Waals surface area contributed by atoms with Crippen molar-refractivity contribution >= 4 is 59.8 Å². The molecule has 1 aliphatic heterocycles. The quantitative estimate of drug-likeness (QED) is 0.798. The number of anilines is 1. The molecule has 1 aromatic heterocycles. The van der Waals surface area contributed by atoms with Crippen LogP contribution in [0.3, 0.4) is 0 Å². The van der Waals surface area contributed by atoms with Gasteiger partial charge in [-0.1, -0.05) is 11.6 Å². The van der Waals surface area contributed by atoms with Gasteiger partial charge in [0.1, 0.15) is 0 Å². The van der Waals surface area contributed by atoms with Crippen molar-refractivity contribution < 1.29 is 4.79 Å². The van der Waals surface area contributed by atoms with Crippen molar-refractivity contribution in [3.8, 4) is 0 Å². The lowest BCUT2D eigenvalue weighted by atomic mass is 10.0. The molecule has 124 valence electrons. The minimum atomic E-state index is -0.228. The van der Waals surface area contributed by atoms with Gasteiger partial charge in [-0.2, -0.15) is 0 Å². The monoisotopic (exact) mass is 391 g/mol. The van der Waals surface area contributed by atoms with E-state index in [1.165, 1.54) is 0 Å². The molecule has 1 amide bonds. The van der Waals surface area contributed by atoms with Gasteiger partial charge >= 0.3 is 0 Å². The number of nitrogens with one attached hydrogen (secondary N) is 1. The first-order chi connectivity index (χ1) is 10.1. The fraction of sp³-hybridized carbons (Fsp3) is 0.200. The van der Waals surface area contributed by atoms with Gasteiger partial charge in [-0.25, -0.2) is 0 Å². The molecule has 8 heteroatoms. The minimum absolute atomic E-state index is 0. The summed E-state index contributed by atoms with van der Waals surface area (Å²) in [5.74, 6) is 0.732. The molecule has 1 aromatic carbocycles. The Kier molecular flexibility index (Phi) is 7.64. The average Bonchev–Trinajstić information content (AvgIpc) is 2.48. The Morgan fingerprint density at radius 2 is 2.00 bits per heavy atom. The number of carbonyl (C=O) groups is 1. The third-order valence-corrected chi connectivity index (χ3v) is 4.79. The third-order valence-electron chi connectivity index (χ3n) is 3.37. The standard InChI is InChI=1S/C15H14ClN3OS.2ClH/c16-12-7-11-13(17)3-6-21-14(11)8-10(12)15(20)19-9-1-4-18-5-2-9;;/h1-2,4-5,7-8,13H,3,6,17H2,(H,18,19,20);2*1H. The van der Waals surface area contributed by atoms with Crippen molar-refractivity contribution in [3.05, 3.63) is 52.8 Å². The number of aromatic nitrogens is 1. The molecule has 3 rings (SSSR count). The smallest absolute Gasteiger partial charge is 0.257 e. The molecular weight excluding hydrogens is 377 g/mol. The van der Waals surface area contributed by atoms with Gasteiger partial charge < -0.3 is 11.1 Å². The van der Waals surface area contributed by atoms with Crippen molar-refractivity contribution in [2.75, 3.05) is 11.1 Å². The molecule has 0 fully saturated rings. The van der Waals surface area contributed by atoms with E-state index in [4.69, 9.17) is 17.3 Å². The molecule has 0 bridgehead atoms. The Morgan fingerprint density at radius 1 is 1.30 bits per heavy atom. The second kappa shape index (κ2) is 8.76. The normalized spacial score (nSPS) is 15.7. The predicted octanol–water partition coefficient (Wildman–Crippen LogP) is 4.33. The molecule has 1 atom stereocenters. The molecule has 2 aromatic rings. The summed E-state index contributed by atoms with van der Waals surface area (Å²) in [5.41, 5.74) is 8.26. The van der Waals surface area contributed by atoms with E-state index in [1.807, 2.05) is 12.1 Å². The lowest BCUT2D eigenvalue weighted by Crippen LogP contribution is -2.18. The summed E-state index contributed by atoms with van der Waals surface area (Å²) in [6.45, 7) is 0. The van der Waals surface area contributed by atoms with E-state index in [0.29, 0.717) is 16.3 Å². The minimum Gasteiger partial charge on any atom is -0.324 e. The van der Waals surface area contributed by atoms with Crippen LogP contribution in [0.15, 0.2) is 41.6 Å². The summed E-state index contributed by atoms with van der Waals surface area (Å²) in [5, 5.41) is 3.24. The molecule has 0 spiro atoms. The van der Waals surface area contributed by atoms with E-state index in [2.05, 4.69) is 10.3 Å². The number of nitrogens with zero attached hydrogens (tertiary/aromatic N) is 1. The Balaban J connectivity index is 0.00000132. The first-order valence-corrected chi connectivity index (χ1v) is 7.94. The summed E-state index contributed by atoms with van der Waals surface area (Å²) in [6.07, 6.45) is 4.18. The van der Waals surface area contributed by atoms with Crippen molar-refractivity contribution in [2.45, 2.75) is 17.4 Å². The van der Waals surface area contributed by atoms with Crippen LogP contribution in [0.1, 0.15) is 28.4 Å². The number of rotatable bonds is 2. The van der Waals surface area contributed by atoms with Gasteiger partial charge in [-0.15, -0.1) is 36.6 Å². The highest BCUT2D eigenvalue weighted by Crippen LogP contribution is 2.38. The number of nitrogens with two attached hydrogens (primary N) is 1. The Hall–Kier alpha value is -0.980. The number of fused-ring (bicyclic) bond motifs is 1. The van der Waals surface area contributed by atoms with E-state index < -0.39 is 0 Å². The highest BCUT2D eigenvalue weighted by atomic mass is 35.5. The number of pyridine rings is 1. The second-order valence-electron chi connectivity index (χ2n) is 4.80. The Bertz CT molecular complexity index is 685. The lowest BCUT2D eigenvalue weighted by molar-refractivity contribution is 0.102. The average molecular weight is 393 g/mol. The summed E-state index contributed by atoms with van der Waals surface area (Å²) in [7, 11) is 0. The summed E-state index contributed by atoms with van der Waals surface area (Å²) < 4.78 is 0.